The highest BCUT2D eigenvalue weighted by atomic mass is 16.5. The van der Waals surface area contributed by atoms with Crippen LogP contribution >= 0.6 is 0 Å². The van der Waals surface area contributed by atoms with Crippen molar-refractivity contribution in [2.24, 2.45) is 5.41 Å². The van der Waals surface area contributed by atoms with Gasteiger partial charge in [-0.2, -0.15) is 0 Å². The number of amides is 1. The lowest BCUT2D eigenvalue weighted by molar-refractivity contribution is -0.128. The molecule has 1 atom stereocenters. The summed E-state index contributed by atoms with van der Waals surface area (Å²) in [5, 5.41) is 11.0. The predicted molar refractivity (Wildman–Crippen MR) is 134 cm³/mol. The van der Waals surface area contributed by atoms with Gasteiger partial charge in [-0.05, 0) is 80.2 Å². The van der Waals surface area contributed by atoms with E-state index in [0.29, 0.717) is 12.1 Å². The van der Waals surface area contributed by atoms with Gasteiger partial charge in [-0.1, -0.05) is 18.2 Å². The van der Waals surface area contributed by atoms with Gasteiger partial charge in [0.2, 0.25) is 5.91 Å². The second-order valence-electron chi connectivity index (χ2n) is 10.2. The molecule has 1 spiro atoms. The number of nitrogens with zero attached hydrogens (tertiary/aromatic N) is 2. The Morgan fingerprint density at radius 2 is 1.83 bits per heavy atom. The number of fused-ring (bicyclic) bond motifs is 1. The third-order valence-corrected chi connectivity index (χ3v) is 8.34. The molecule has 3 aromatic rings. The monoisotopic (exact) mass is 486 g/mol. The van der Waals surface area contributed by atoms with Crippen molar-refractivity contribution in [2.45, 2.75) is 38.9 Å². The maximum absolute atomic E-state index is 13.6. The highest BCUT2D eigenvalue weighted by Crippen LogP contribution is 2.44. The average Bonchev–Trinajstić information content (AvgIpc) is 3.62. The number of β-amino-alcohol motifs (C(OH)–C–C–N with tert-alkyl or cyclic N) is 1. The van der Waals surface area contributed by atoms with E-state index in [9.17, 15) is 14.7 Å². The van der Waals surface area contributed by atoms with Crippen molar-refractivity contribution in [2.75, 3.05) is 31.1 Å². The standard InChI is InChI=1S/C29H30N2O5/c1-19-23(5-6-24-25(19)18-36-27(24)33)26(32)16-30-11-8-29(9-12-30)10-13-31(28(29)34)22-4-2-3-20(15-22)21-7-14-35-17-21/h2-7,14-15,17,26,32H,8-13,16,18H2,1H3/t26-/m0/s1. The van der Waals surface area contributed by atoms with Crippen LogP contribution in [0, 0.1) is 12.3 Å². The Morgan fingerprint density at radius 3 is 2.61 bits per heavy atom. The zero-order valence-corrected chi connectivity index (χ0v) is 20.4. The number of cyclic esters (lactones) is 1. The Hall–Kier alpha value is -3.42. The first-order valence-electron chi connectivity index (χ1n) is 12.6. The summed E-state index contributed by atoms with van der Waals surface area (Å²) in [7, 11) is 0. The van der Waals surface area contributed by atoms with Gasteiger partial charge >= 0.3 is 5.97 Å². The first kappa shape index (κ1) is 23.0. The van der Waals surface area contributed by atoms with E-state index in [1.165, 1.54) is 0 Å². The van der Waals surface area contributed by atoms with E-state index >= 15 is 0 Å². The zero-order chi connectivity index (χ0) is 24.9. The first-order chi connectivity index (χ1) is 17.4. The van der Waals surface area contributed by atoms with Crippen LogP contribution in [0.3, 0.4) is 0 Å². The Balaban J connectivity index is 1.11. The van der Waals surface area contributed by atoms with Crippen molar-refractivity contribution in [1.82, 2.24) is 4.90 Å². The van der Waals surface area contributed by atoms with Crippen LogP contribution in [-0.4, -0.2) is 48.1 Å². The van der Waals surface area contributed by atoms with E-state index in [4.69, 9.17) is 9.15 Å². The Bertz CT molecular complexity index is 1310. The summed E-state index contributed by atoms with van der Waals surface area (Å²) in [4.78, 5) is 29.6. The molecule has 2 aromatic carbocycles. The fourth-order valence-corrected chi connectivity index (χ4v) is 6.05. The molecule has 0 bridgehead atoms. The largest absolute Gasteiger partial charge is 0.472 e. The van der Waals surface area contributed by atoms with Crippen molar-refractivity contribution >= 4 is 17.6 Å². The Labute approximate surface area is 210 Å². The van der Waals surface area contributed by atoms with Gasteiger partial charge in [0.25, 0.3) is 0 Å². The van der Waals surface area contributed by atoms with Gasteiger partial charge in [0.05, 0.1) is 29.6 Å². The molecule has 0 saturated carbocycles. The Morgan fingerprint density at radius 1 is 1.03 bits per heavy atom. The van der Waals surface area contributed by atoms with E-state index in [2.05, 4.69) is 11.0 Å². The summed E-state index contributed by atoms with van der Waals surface area (Å²) in [5.41, 5.74) is 5.90. The van der Waals surface area contributed by atoms with Crippen molar-refractivity contribution in [3.8, 4) is 11.1 Å². The molecule has 7 nitrogen and oxygen atoms in total. The highest BCUT2D eigenvalue weighted by molar-refractivity contribution is 6.00. The third kappa shape index (κ3) is 3.83. The lowest BCUT2D eigenvalue weighted by atomic mass is 9.77. The summed E-state index contributed by atoms with van der Waals surface area (Å²) in [6.45, 7) is 5.00. The molecular formula is C29H30N2O5. The van der Waals surface area contributed by atoms with Crippen LogP contribution in [0.25, 0.3) is 11.1 Å². The fraction of sp³-hybridized carbons (Fsp3) is 0.379. The van der Waals surface area contributed by atoms with Crippen molar-refractivity contribution < 1.29 is 23.8 Å². The maximum Gasteiger partial charge on any atom is 0.338 e. The summed E-state index contributed by atoms with van der Waals surface area (Å²) >= 11 is 0. The number of hydrogen-bond acceptors (Lipinski definition) is 6. The minimum Gasteiger partial charge on any atom is -0.472 e. The van der Waals surface area contributed by atoms with E-state index in [1.807, 2.05) is 42.2 Å². The highest BCUT2D eigenvalue weighted by Gasteiger charge is 2.48. The number of ether oxygens (including phenoxy) is 1. The third-order valence-electron chi connectivity index (χ3n) is 8.34. The quantitative estimate of drug-likeness (QED) is 0.536. The maximum atomic E-state index is 13.6. The van der Waals surface area contributed by atoms with Gasteiger partial charge in [0.1, 0.15) is 6.61 Å². The molecule has 0 unspecified atom stereocenters. The van der Waals surface area contributed by atoms with E-state index < -0.39 is 6.10 Å². The number of carbonyl (C=O) groups is 2. The first-order valence-corrected chi connectivity index (χ1v) is 12.6. The lowest BCUT2D eigenvalue weighted by Crippen LogP contribution is -2.45. The molecule has 3 aliphatic heterocycles. The van der Waals surface area contributed by atoms with E-state index in [-0.39, 0.29) is 23.9 Å². The molecule has 0 radical (unpaired) electrons. The van der Waals surface area contributed by atoms with Crippen LogP contribution in [0.4, 0.5) is 5.69 Å². The minimum absolute atomic E-state index is 0.214. The smallest absolute Gasteiger partial charge is 0.338 e. The summed E-state index contributed by atoms with van der Waals surface area (Å²) < 4.78 is 10.4. The van der Waals surface area contributed by atoms with Gasteiger partial charge in [-0.25, -0.2) is 4.79 Å². The minimum atomic E-state index is -0.651. The number of aliphatic hydroxyl groups excluding tert-OH is 1. The number of carbonyl (C=O) groups excluding carboxylic acids is 2. The number of hydrogen-bond donors (Lipinski definition) is 1. The predicted octanol–water partition coefficient (Wildman–Crippen LogP) is 4.48. The van der Waals surface area contributed by atoms with Crippen LogP contribution < -0.4 is 4.90 Å². The molecule has 7 heteroatoms. The summed E-state index contributed by atoms with van der Waals surface area (Å²) in [5.74, 6) is -0.0786. The van der Waals surface area contributed by atoms with Crippen LogP contribution in [0.2, 0.25) is 0 Å². The molecule has 2 fully saturated rings. The second kappa shape index (κ2) is 8.91. The van der Waals surface area contributed by atoms with Crippen molar-refractivity contribution in [3.63, 3.8) is 0 Å². The Kier molecular flexibility index (Phi) is 5.69. The number of likely N-dealkylation sites (tertiary alicyclic amines) is 1. The van der Waals surface area contributed by atoms with Gasteiger partial charge in [0, 0.05) is 29.9 Å². The molecule has 1 amide bonds. The van der Waals surface area contributed by atoms with Crippen molar-refractivity contribution in [3.05, 3.63) is 77.2 Å². The summed E-state index contributed by atoms with van der Waals surface area (Å²) in [6.07, 6.45) is 5.17. The van der Waals surface area contributed by atoms with Gasteiger partial charge < -0.3 is 24.1 Å². The van der Waals surface area contributed by atoms with Crippen LogP contribution in [-0.2, 0) is 16.1 Å². The molecule has 1 N–H and O–H groups in total. The van der Waals surface area contributed by atoms with Crippen molar-refractivity contribution in [1.29, 1.82) is 0 Å². The molecule has 36 heavy (non-hydrogen) atoms. The summed E-state index contributed by atoms with van der Waals surface area (Å²) in [6, 6.07) is 13.6. The van der Waals surface area contributed by atoms with E-state index in [1.54, 1.807) is 18.6 Å². The molecule has 0 aliphatic carbocycles. The van der Waals surface area contributed by atoms with E-state index in [0.717, 1.165) is 72.4 Å². The number of aliphatic hydroxyl groups is 1. The number of esters is 1. The molecular weight excluding hydrogens is 456 g/mol. The SMILES string of the molecule is Cc1c([C@@H](O)CN2CCC3(CC2)CCN(c2cccc(-c4ccoc4)c2)C3=O)ccc2c1COC2=O. The fourth-order valence-electron chi connectivity index (χ4n) is 6.05. The number of rotatable bonds is 5. The van der Waals surface area contributed by atoms with Gasteiger partial charge in [-0.3, -0.25) is 4.79 Å². The zero-order valence-electron chi connectivity index (χ0n) is 20.4. The second-order valence-corrected chi connectivity index (χ2v) is 10.2. The van der Waals surface area contributed by atoms with Gasteiger partial charge in [-0.15, -0.1) is 0 Å². The molecule has 3 aliphatic rings. The molecule has 2 saturated heterocycles. The number of piperidine rings is 1. The lowest BCUT2D eigenvalue weighted by Gasteiger charge is -2.38. The van der Waals surface area contributed by atoms with Crippen LogP contribution in [0.15, 0.2) is 59.4 Å². The number of benzene rings is 2. The topological polar surface area (TPSA) is 83.2 Å². The van der Waals surface area contributed by atoms with Crippen LogP contribution in [0.1, 0.15) is 52.4 Å². The molecule has 6 rings (SSSR count). The molecule has 1 aromatic heterocycles. The molecule has 4 heterocycles. The number of anilines is 1. The normalized spacial score (nSPS) is 20.1. The van der Waals surface area contributed by atoms with Gasteiger partial charge in [0.15, 0.2) is 0 Å². The average molecular weight is 487 g/mol. The molecule has 186 valence electrons. The number of furan rings is 1. The van der Waals surface area contributed by atoms with Crippen LogP contribution in [0.5, 0.6) is 0 Å².